The summed E-state index contributed by atoms with van der Waals surface area (Å²) >= 11 is 4.86. The van der Waals surface area contributed by atoms with Crippen LogP contribution in [0.4, 0.5) is 5.13 Å². The van der Waals surface area contributed by atoms with Gasteiger partial charge in [0, 0.05) is 9.35 Å². The predicted molar refractivity (Wildman–Crippen MR) is 122 cm³/mol. The Morgan fingerprint density at radius 3 is 2.47 bits per heavy atom. The summed E-state index contributed by atoms with van der Waals surface area (Å²) in [6, 6.07) is 12.5. The molecule has 0 N–H and O–H groups in total. The van der Waals surface area contributed by atoms with Gasteiger partial charge in [0.1, 0.15) is 5.58 Å². The molecule has 7 heteroatoms. The van der Waals surface area contributed by atoms with E-state index < -0.39 is 6.04 Å². The molecule has 1 aliphatic heterocycles. The van der Waals surface area contributed by atoms with E-state index in [-0.39, 0.29) is 17.1 Å². The van der Waals surface area contributed by atoms with Gasteiger partial charge in [0.15, 0.2) is 10.6 Å². The maximum atomic E-state index is 13.5. The minimum absolute atomic E-state index is 0.0888. The Labute approximate surface area is 185 Å². The molecule has 0 saturated carbocycles. The summed E-state index contributed by atoms with van der Waals surface area (Å²) in [5.41, 5.74) is 3.38. The van der Waals surface area contributed by atoms with E-state index in [0.29, 0.717) is 21.7 Å². The van der Waals surface area contributed by atoms with Gasteiger partial charge < -0.3 is 4.42 Å². The number of hydrogen-bond acceptors (Lipinski definition) is 5. The molecular formula is C23H17BrN2O3S. The van der Waals surface area contributed by atoms with Gasteiger partial charge >= 0.3 is 0 Å². The fourth-order valence-electron chi connectivity index (χ4n) is 3.77. The average molecular weight is 481 g/mol. The topological polar surface area (TPSA) is 63.4 Å². The van der Waals surface area contributed by atoms with Crippen molar-refractivity contribution in [2.24, 2.45) is 0 Å². The Bertz CT molecular complexity index is 1370. The number of halogens is 1. The number of hydrogen-bond donors (Lipinski definition) is 0. The number of carbonyl (C=O) groups excluding carboxylic acids is 1. The number of fused-ring (bicyclic) bond motifs is 2. The third-order valence-corrected chi connectivity index (χ3v) is 7.01. The number of benzene rings is 2. The van der Waals surface area contributed by atoms with Gasteiger partial charge in [-0.15, -0.1) is 11.3 Å². The van der Waals surface area contributed by atoms with Crippen molar-refractivity contribution >= 4 is 49.3 Å². The van der Waals surface area contributed by atoms with Crippen molar-refractivity contribution < 1.29 is 9.21 Å². The van der Waals surface area contributed by atoms with Crippen LogP contribution in [0.1, 0.15) is 43.9 Å². The fourth-order valence-corrected chi connectivity index (χ4v) is 5.06. The highest BCUT2D eigenvalue weighted by molar-refractivity contribution is 9.10. The van der Waals surface area contributed by atoms with Crippen molar-refractivity contribution in [3.05, 3.63) is 90.2 Å². The third kappa shape index (κ3) is 2.84. The molecule has 5 nitrogen and oxygen atoms in total. The number of rotatable bonds is 2. The van der Waals surface area contributed by atoms with Crippen LogP contribution in [0.2, 0.25) is 0 Å². The largest absolute Gasteiger partial charge is 0.450 e. The molecule has 1 aliphatic rings. The van der Waals surface area contributed by atoms with Crippen LogP contribution in [-0.2, 0) is 0 Å². The zero-order valence-electron chi connectivity index (χ0n) is 16.5. The quantitative estimate of drug-likeness (QED) is 0.369. The molecule has 0 bridgehead atoms. The number of nitrogens with zero attached hydrogens (tertiary/aromatic N) is 2. The smallest absolute Gasteiger partial charge is 0.297 e. The standard InChI is InChI=1S/C23H17BrN2O3S/c1-11-4-6-14(7-5-11)19-18-20(27)16-10-15(24)8-9-17(16)29-21(18)22(28)26(19)23-25-12(2)13(3)30-23/h4-10,19H,1-3H3/t19-/m1/s1. The highest BCUT2D eigenvalue weighted by atomic mass is 79.9. The maximum Gasteiger partial charge on any atom is 0.297 e. The number of amides is 1. The summed E-state index contributed by atoms with van der Waals surface area (Å²) in [5, 5.41) is 1.01. The Morgan fingerprint density at radius 2 is 1.80 bits per heavy atom. The highest BCUT2D eigenvalue weighted by Gasteiger charge is 2.45. The lowest BCUT2D eigenvalue weighted by Crippen LogP contribution is -2.29. The van der Waals surface area contributed by atoms with E-state index in [1.54, 1.807) is 23.1 Å². The fraction of sp³-hybridized carbons (Fsp3) is 0.174. The van der Waals surface area contributed by atoms with Crippen LogP contribution in [-0.4, -0.2) is 10.9 Å². The van der Waals surface area contributed by atoms with Crippen molar-refractivity contribution in [1.82, 2.24) is 4.98 Å². The van der Waals surface area contributed by atoms with E-state index in [9.17, 15) is 9.59 Å². The first-order valence-corrected chi connectivity index (χ1v) is 11.1. The van der Waals surface area contributed by atoms with Crippen LogP contribution in [0.3, 0.4) is 0 Å². The van der Waals surface area contributed by atoms with Crippen molar-refractivity contribution in [3.8, 4) is 0 Å². The molecule has 0 aliphatic carbocycles. The SMILES string of the molecule is Cc1ccc([C@@H]2c3c(oc4ccc(Br)cc4c3=O)C(=O)N2c2nc(C)c(C)s2)cc1. The summed E-state index contributed by atoms with van der Waals surface area (Å²) in [4.78, 5) is 34.3. The minimum atomic E-state index is -0.585. The lowest BCUT2D eigenvalue weighted by Gasteiger charge is -2.22. The monoisotopic (exact) mass is 480 g/mol. The molecule has 30 heavy (non-hydrogen) atoms. The van der Waals surface area contributed by atoms with E-state index in [1.165, 1.54) is 11.3 Å². The van der Waals surface area contributed by atoms with E-state index in [0.717, 1.165) is 26.2 Å². The summed E-state index contributed by atoms with van der Waals surface area (Å²) in [6.07, 6.45) is 0. The first-order chi connectivity index (χ1) is 14.3. The Hall–Kier alpha value is -2.77. The van der Waals surface area contributed by atoms with Crippen LogP contribution in [0.15, 0.2) is 56.1 Å². The zero-order chi connectivity index (χ0) is 21.2. The summed E-state index contributed by atoms with van der Waals surface area (Å²) in [6.45, 7) is 5.89. The second kappa shape index (κ2) is 6.89. The second-order valence-electron chi connectivity index (χ2n) is 7.44. The Balaban J connectivity index is 1.82. The maximum absolute atomic E-state index is 13.5. The average Bonchev–Trinajstić information content (AvgIpc) is 3.20. The summed E-state index contributed by atoms with van der Waals surface area (Å²) < 4.78 is 6.76. The second-order valence-corrected chi connectivity index (χ2v) is 9.54. The molecule has 1 amide bonds. The molecule has 1 atom stereocenters. The summed E-state index contributed by atoms with van der Waals surface area (Å²) in [5.74, 6) is -0.253. The molecule has 2 aromatic carbocycles. The first kappa shape index (κ1) is 19.2. The Kier molecular flexibility index (Phi) is 4.41. The lowest BCUT2D eigenvalue weighted by molar-refractivity contribution is 0.0971. The van der Waals surface area contributed by atoms with Crippen molar-refractivity contribution in [2.45, 2.75) is 26.8 Å². The van der Waals surface area contributed by atoms with Crippen LogP contribution in [0.5, 0.6) is 0 Å². The van der Waals surface area contributed by atoms with Crippen LogP contribution in [0.25, 0.3) is 11.0 Å². The molecule has 150 valence electrons. The van der Waals surface area contributed by atoms with Gasteiger partial charge in [-0.1, -0.05) is 45.8 Å². The van der Waals surface area contributed by atoms with E-state index in [4.69, 9.17) is 4.42 Å². The molecule has 0 spiro atoms. The lowest BCUT2D eigenvalue weighted by atomic mass is 9.98. The normalized spacial score (nSPS) is 15.8. The number of anilines is 1. The van der Waals surface area contributed by atoms with E-state index >= 15 is 0 Å². The van der Waals surface area contributed by atoms with E-state index in [1.807, 2.05) is 45.0 Å². The number of thiazole rings is 1. The summed E-state index contributed by atoms with van der Waals surface area (Å²) in [7, 11) is 0. The molecule has 3 heterocycles. The van der Waals surface area contributed by atoms with Crippen molar-refractivity contribution in [3.63, 3.8) is 0 Å². The molecule has 0 unspecified atom stereocenters. The number of carbonyl (C=O) groups is 1. The molecule has 0 fully saturated rings. The molecule has 0 saturated heterocycles. The predicted octanol–water partition coefficient (Wildman–Crippen LogP) is 5.69. The molecule has 0 radical (unpaired) electrons. The van der Waals surface area contributed by atoms with Gasteiger partial charge in [0.2, 0.25) is 5.76 Å². The van der Waals surface area contributed by atoms with Crippen molar-refractivity contribution in [2.75, 3.05) is 4.90 Å². The van der Waals surface area contributed by atoms with Gasteiger partial charge in [-0.3, -0.25) is 14.5 Å². The molecular weight excluding hydrogens is 464 g/mol. The number of aryl methyl sites for hydroxylation is 3. The van der Waals surface area contributed by atoms with Crippen LogP contribution >= 0.6 is 27.3 Å². The third-order valence-electron chi connectivity index (χ3n) is 5.45. The van der Waals surface area contributed by atoms with E-state index in [2.05, 4.69) is 20.9 Å². The van der Waals surface area contributed by atoms with Gasteiger partial charge in [-0.05, 0) is 44.5 Å². The van der Waals surface area contributed by atoms with Gasteiger partial charge in [0.25, 0.3) is 5.91 Å². The number of aromatic nitrogens is 1. The Morgan fingerprint density at radius 1 is 1.07 bits per heavy atom. The molecule has 4 aromatic rings. The van der Waals surface area contributed by atoms with Crippen LogP contribution < -0.4 is 10.3 Å². The van der Waals surface area contributed by atoms with Crippen LogP contribution in [0, 0.1) is 20.8 Å². The molecule has 2 aromatic heterocycles. The van der Waals surface area contributed by atoms with Gasteiger partial charge in [-0.25, -0.2) is 4.98 Å². The minimum Gasteiger partial charge on any atom is -0.450 e. The highest BCUT2D eigenvalue weighted by Crippen LogP contribution is 2.43. The van der Waals surface area contributed by atoms with Gasteiger partial charge in [0.05, 0.1) is 22.7 Å². The first-order valence-electron chi connectivity index (χ1n) is 9.45. The zero-order valence-corrected chi connectivity index (χ0v) is 18.9. The van der Waals surface area contributed by atoms with Gasteiger partial charge in [-0.2, -0.15) is 0 Å². The van der Waals surface area contributed by atoms with Crippen molar-refractivity contribution in [1.29, 1.82) is 0 Å². The molecule has 5 rings (SSSR count).